The Balaban J connectivity index is 0.000000260. The van der Waals surface area contributed by atoms with E-state index >= 15 is 0 Å². The molecular weight excluding hydrogens is 773 g/mol. The molecule has 0 aliphatic rings. The van der Waals surface area contributed by atoms with Crippen LogP contribution in [0.2, 0.25) is 6.55 Å². The van der Waals surface area contributed by atoms with Gasteiger partial charge in [-0.25, -0.2) is 0 Å². The van der Waals surface area contributed by atoms with Crippen LogP contribution in [0.5, 0.6) is 0 Å². The molecule has 0 bridgehead atoms. The molecule has 0 aromatic heterocycles. The Bertz CT molecular complexity index is 1610. The van der Waals surface area contributed by atoms with Gasteiger partial charge in [0.05, 0.1) is 0 Å². The van der Waals surface area contributed by atoms with E-state index < -0.39 is 35.2 Å². The molecule has 304 valence electrons. The maximum atomic E-state index is 5.78. The normalized spacial score (nSPS) is 11.3. The molecule has 5 aromatic rings. The van der Waals surface area contributed by atoms with E-state index in [9.17, 15) is 0 Å². The van der Waals surface area contributed by atoms with Crippen molar-refractivity contribution in [2.45, 2.75) is 26.4 Å². The minimum Gasteiger partial charge on any atom is -0.400 e. The second-order valence-corrected chi connectivity index (χ2v) is 23.4. The van der Waals surface area contributed by atoms with Crippen molar-refractivity contribution >= 4 is 56.0 Å². The van der Waals surface area contributed by atoms with Crippen LogP contribution in [0.3, 0.4) is 0 Å². The molecule has 9 nitrogen and oxygen atoms in total. The summed E-state index contributed by atoms with van der Waals surface area (Å²) in [5.41, 5.74) is 1.29. The molecule has 0 unspecified atom stereocenters. The molecule has 0 saturated carbocycles. The predicted molar refractivity (Wildman–Crippen MR) is 237 cm³/mol. The van der Waals surface area contributed by atoms with Gasteiger partial charge in [0.2, 0.25) is 0 Å². The summed E-state index contributed by atoms with van der Waals surface area (Å²) in [5.74, 6) is 0. The molecular formula is C43H62O9Si4. The van der Waals surface area contributed by atoms with Crippen LogP contribution in [0.25, 0.3) is 0 Å². The van der Waals surface area contributed by atoms with Crippen molar-refractivity contribution < 1.29 is 39.8 Å². The highest BCUT2D eigenvalue weighted by Gasteiger charge is 2.41. The van der Waals surface area contributed by atoms with Crippen molar-refractivity contribution in [3.8, 4) is 0 Å². The Morgan fingerprint density at radius 1 is 0.411 bits per heavy atom. The summed E-state index contributed by atoms with van der Waals surface area (Å²) < 4.78 is 49.5. The van der Waals surface area contributed by atoms with Crippen molar-refractivity contribution in [3.63, 3.8) is 0 Å². The fourth-order valence-corrected chi connectivity index (χ4v) is 13.9. The first-order chi connectivity index (χ1) is 27.2. The van der Waals surface area contributed by atoms with Crippen LogP contribution in [-0.4, -0.2) is 98.2 Å². The predicted octanol–water partition coefficient (Wildman–Crippen LogP) is 5.63. The van der Waals surface area contributed by atoms with Crippen molar-refractivity contribution in [2.75, 3.05) is 63.0 Å². The van der Waals surface area contributed by atoms with Crippen LogP contribution in [0.15, 0.2) is 152 Å². The highest BCUT2D eigenvalue weighted by molar-refractivity contribution is 6.92. The fraction of sp³-hybridized carbons (Fsp3) is 0.302. The lowest BCUT2D eigenvalue weighted by Gasteiger charge is -2.27. The number of benzene rings is 5. The molecule has 0 radical (unpaired) electrons. The summed E-state index contributed by atoms with van der Waals surface area (Å²) in [7, 11) is 3.04. The third-order valence-corrected chi connectivity index (χ3v) is 19.6. The van der Waals surface area contributed by atoms with E-state index in [0.717, 1.165) is 21.6 Å². The highest BCUT2D eigenvalue weighted by Crippen LogP contribution is 2.09. The first-order valence-corrected chi connectivity index (χ1v) is 26.2. The lowest BCUT2D eigenvalue weighted by Crippen LogP contribution is -2.62. The Labute approximate surface area is 341 Å². The maximum absolute atomic E-state index is 5.78. The Morgan fingerprint density at radius 3 is 1.04 bits per heavy atom. The second kappa shape index (κ2) is 27.3. The minimum atomic E-state index is -2.59. The van der Waals surface area contributed by atoms with E-state index in [1.54, 1.807) is 49.8 Å². The van der Waals surface area contributed by atoms with Gasteiger partial charge < -0.3 is 39.8 Å². The molecule has 0 heterocycles. The molecule has 56 heavy (non-hydrogen) atoms. The molecule has 0 fully saturated rings. The largest absolute Gasteiger partial charge is 0.536 e. The van der Waals surface area contributed by atoms with Gasteiger partial charge >= 0.3 is 35.2 Å². The standard InChI is InChI=1S/C14H16O2Si.C11H18O2Si.C9H14O3Si.C9H14O2Si/c1-15-17(16-2,13-9-5-3-6-10-13)14-11-7-4-8-12-14;1-4-12-14(3,13-5-2)11-9-7-6-8-10-11;1-10-13(11-2,12-3)9-7-5-4-6-8-9;1-10-12(11-2)8-9-6-4-3-5-7-9/h3-12H,1-2H3;6-10H,4-5H2,1-3H3;4-8H,1-3H3;3-7,12H,8H2,1-2H3. The van der Waals surface area contributed by atoms with Gasteiger partial charge in [-0.1, -0.05) is 152 Å². The molecule has 5 rings (SSSR count). The molecule has 0 saturated heterocycles. The van der Waals surface area contributed by atoms with Crippen molar-refractivity contribution in [1.29, 1.82) is 0 Å². The fourth-order valence-electron chi connectivity index (χ4n) is 5.85. The van der Waals surface area contributed by atoms with E-state index in [0.29, 0.717) is 13.2 Å². The lowest BCUT2D eigenvalue weighted by molar-refractivity contribution is 0.140. The van der Waals surface area contributed by atoms with Crippen molar-refractivity contribution in [1.82, 2.24) is 0 Å². The zero-order valence-electron chi connectivity index (χ0n) is 34.8. The van der Waals surface area contributed by atoms with Gasteiger partial charge in [0.25, 0.3) is 0 Å². The smallest absolute Gasteiger partial charge is 0.400 e. The van der Waals surface area contributed by atoms with E-state index in [4.69, 9.17) is 39.8 Å². The third kappa shape index (κ3) is 14.8. The van der Waals surface area contributed by atoms with Crippen LogP contribution >= 0.6 is 0 Å². The zero-order valence-corrected chi connectivity index (χ0v) is 39.0. The number of hydrogen-bond acceptors (Lipinski definition) is 9. The van der Waals surface area contributed by atoms with Crippen LogP contribution in [0.1, 0.15) is 19.4 Å². The lowest BCUT2D eigenvalue weighted by atomic mass is 10.2. The Hall–Kier alpha value is -3.39. The average molecular weight is 835 g/mol. The molecule has 0 aliphatic heterocycles. The summed E-state index contributed by atoms with van der Waals surface area (Å²) in [6, 6.07) is 51.4. The second-order valence-electron chi connectivity index (χ2n) is 12.1. The van der Waals surface area contributed by atoms with Gasteiger partial charge in [-0.3, -0.25) is 0 Å². The molecule has 0 spiro atoms. The minimum absolute atomic E-state index is 0.706. The topological polar surface area (TPSA) is 83.1 Å². The van der Waals surface area contributed by atoms with Gasteiger partial charge in [-0.2, -0.15) is 0 Å². The molecule has 0 aliphatic carbocycles. The summed E-state index contributed by atoms with van der Waals surface area (Å²) >= 11 is 0. The summed E-state index contributed by atoms with van der Waals surface area (Å²) in [6.45, 7) is 7.52. The molecule has 13 heteroatoms. The maximum Gasteiger partial charge on any atom is 0.536 e. The van der Waals surface area contributed by atoms with Gasteiger partial charge in [0, 0.05) is 74.2 Å². The van der Waals surface area contributed by atoms with Gasteiger partial charge in [0.1, 0.15) is 0 Å². The summed E-state index contributed by atoms with van der Waals surface area (Å²) in [6.07, 6.45) is 0. The first kappa shape index (κ1) is 48.8. The number of rotatable bonds is 17. The zero-order chi connectivity index (χ0) is 41.1. The van der Waals surface area contributed by atoms with Crippen LogP contribution in [-0.2, 0) is 45.9 Å². The van der Waals surface area contributed by atoms with E-state index in [-0.39, 0.29) is 0 Å². The monoisotopic (exact) mass is 834 g/mol. The van der Waals surface area contributed by atoms with Crippen LogP contribution < -0.4 is 20.7 Å². The van der Waals surface area contributed by atoms with Crippen LogP contribution in [0, 0.1) is 0 Å². The Morgan fingerprint density at radius 2 is 0.732 bits per heavy atom. The van der Waals surface area contributed by atoms with Gasteiger partial charge in [-0.15, -0.1) is 0 Å². The third-order valence-electron chi connectivity index (χ3n) is 8.72. The van der Waals surface area contributed by atoms with Crippen molar-refractivity contribution in [2.24, 2.45) is 0 Å². The Kier molecular flexibility index (Phi) is 23.8. The van der Waals surface area contributed by atoms with Crippen molar-refractivity contribution in [3.05, 3.63) is 157 Å². The molecule has 5 aromatic carbocycles. The van der Waals surface area contributed by atoms with E-state index in [2.05, 4.69) is 55.1 Å². The van der Waals surface area contributed by atoms with Crippen LogP contribution in [0.4, 0.5) is 0 Å². The van der Waals surface area contributed by atoms with Gasteiger partial charge in [0.15, 0.2) is 0 Å². The van der Waals surface area contributed by atoms with E-state index in [1.165, 1.54) is 10.8 Å². The average Bonchev–Trinajstić information content (AvgIpc) is 3.27. The quantitative estimate of drug-likeness (QED) is 0.111. The van der Waals surface area contributed by atoms with E-state index in [1.807, 2.05) is 117 Å². The van der Waals surface area contributed by atoms with Gasteiger partial charge in [-0.05, 0) is 41.5 Å². The summed E-state index contributed by atoms with van der Waals surface area (Å²) in [4.78, 5) is 0. The highest BCUT2D eigenvalue weighted by atomic mass is 28.4. The first-order valence-electron chi connectivity index (χ1n) is 18.6. The molecule has 0 amide bonds. The summed E-state index contributed by atoms with van der Waals surface area (Å²) in [5, 5.41) is 4.42. The number of hydrogen-bond donors (Lipinski definition) is 0. The molecule has 0 N–H and O–H groups in total. The SMILES string of the molecule is CCO[Si](C)(OCC)c1ccccc1.CO[SiH](Cc1ccccc1)OC.CO[Si](OC)(OC)c1ccccc1.CO[Si](OC)(c1ccccc1)c1ccccc1. The molecule has 0 atom stereocenters.